The number of likely N-dealkylation sites (tertiary alicyclic amines) is 1. The molecule has 1 heterocycles. The summed E-state index contributed by atoms with van der Waals surface area (Å²) in [5, 5.41) is 2.84. The van der Waals surface area contributed by atoms with Gasteiger partial charge < -0.3 is 19.7 Å². The molecule has 0 aromatic heterocycles. The summed E-state index contributed by atoms with van der Waals surface area (Å²) in [4.78, 5) is 28.4. The number of carbonyl (C=O) groups excluding carboxylic acids is 2. The Hall–Kier alpha value is -2.28. The number of likely N-dealkylation sites (N-methyl/N-ethyl adjacent to an activating group) is 1. The third-order valence-corrected chi connectivity index (χ3v) is 4.64. The van der Waals surface area contributed by atoms with Gasteiger partial charge in [-0.05, 0) is 51.9 Å². The number of carbonyl (C=O) groups is 2. The SMILES string of the molecule is COc1ccc(OC)c([C@H]2CCCN2C(=O)CN(C)CC(=O)NC(C)C)c1. The lowest BCUT2D eigenvalue weighted by Crippen LogP contribution is -2.43. The molecule has 0 unspecified atom stereocenters. The van der Waals surface area contributed by atoms with E-state index >= 15 is 0 Å². The fraction of sp³-hybridized carbons (Fsp3) is 0.600. The maximum atomic E-state index is 12.9. The summed E-state index contributed by atoms with van der Waals surface area (Å²) in [6.45, 7) is 4.94. The van der Waals surface area contributed by atoms with Gasteiger partial charge in [0.25, 0.3) is 0 Å². The molecular formula is C20H31N3O4. The number of rotatable bonds is 8. The summed E-state index contributed by atoms with van der Waals surface area (Å²) in [6, 6.07) is 5.71. The molecular weight excluding hydrogens is 346 g/mol. The van der Waals surface area contributed by atoms with E-state index in [-0.39, 0.29) is 37.0 Å². The highest BCUT2D eigenvalue weighted by atomic mass is 16.5. The van der Waals surface area contributed by atoms with Crippen molar-refractivity contribution in [3.05, 3.63) is 23.8 Å². The quantitative estimate of drug-likeness (QED) is 0.748. The minimum atomic E-state index is -0.0762. The van der Waals surface area contributed by atoms with Gasteiger partial charge in [-0.15, -0.1) is 0 Å². The average molecular weight is 377 g/mol. The smallest absolute Gasteiger partial charge is 0.237 e. The van der Waals surface area contributed by atoms with Crippen LogP contribution in [0.25, 0.3) is 0 Å². The highest BCUT2D eigenvalue weighted by Crippen LogP contribution is 2.38. The van der Waals surface area contributed by atoms with Crippen molar-refractivity contribution in [2.45, 2.75) is 38.8 Å². The maximum Gasteiger partial charge on any atom is 0.237 e. The number of methoxy groups -OCH3 is 2. The molecule has 0 spiro atoms. The molecule has 1 N–H and O–H groups in total. The van der Waals surface area contributed by atoms with Gasteiger partial charge in [-0.1, -0.05) is 0 Å². The molecule has 0 bridgehead atoms. The summed E-state index contributed by atoms with van der Waals surface area (Å²) < 4.78 is 10.8. The zero-order valence-corrected chi connectivity index (χ0v) is 16.9. The molecule has 1 aliphatic rings. The second-order valence-electron chi connectivity index (χ2n) is 7.25. The van der Waals surface area contributed by atoms with E-state index in [9.17, 15) is 9.59 Å². The van der Waals surface area contributed by atoms with Crippen LogP contribution in [0.4, 0.5) is 0 Å². The molecule has 7 nitrogen and oxygen atoms in total. The molecule has 7 heteroatoms. The predicted octanol–water partition coefficient (Wildman–Crippen LogP) is 1.82. The van der Waals surface area contributed by atoms with Gasteiger partial charge in [-0.2, -0.15) is 0 Å². The van der Waals surface area contributed by atoms with Gasteiger partial charge in [0.1, 0.15) is 11.5 Å². The van der Waals surface area contributed by atoms with Crippen LogP contribution in [0.3, 0.4) is 0 Å². The standard InChI is InChI=1S/C20H31N3O4/c1-14(2)21-19(24)12-22(3)13-20(25)23-10-6-7-17(23)16-11-15(26-4)8-9-18(16)27-5/h8-9,11,14,17H,6-7,10,12-13H2,1-5H3,(H,21,24)/t17-/m1/s1. The van der Waals surface area contributed by atoms with Crippen LogP contribution in [-0.4, -0.2) is 68.6 Å². The van der Waals surface area contributed by atoms with Crippen molar-refractivity contribution in [2.24, 2.45) is 0 Å². The molecule has 0 saturated carbocycles. The van der Waals surface area contributed by atoms with E-state index in [2.05, 4.69) is 5.32 Å². The third-order valence-electron chi connectivity index (χ3n) is 4.64. The fourth-order valence-electron chi connectivity index (χ4n) is 3.48. The molecule has 1 saturated heterocycles. The Morgan fingerprint density at radius 1 is 1.26 bits per heavy atom. The number of amides is 2. The molecule has 0 aliphatic carbocycles. The molecule has 1 aromatic rings. The number of nitrogens with one attached hydrogen (secondary N) is 1. The van der Waals surface area contributed by atoms with E-state index in [0.29, 0.717) is 6.54 Å². The van der Waals surface area contributed by atoms with E-state index in [1.54, 1.807) is 26.2 Å². The van der Waals surface area contributed by atoms with Crippen LogP contribution < -0.4 is 14.8 Å². The van der Waals surface area contributed by atoms with Crippen LogP contribution in [0, 0.1) is 0 Å². The summed E-state index contributed by atoms with van der Waals surface area (Å²) in [5.41, 5.74) is 0.961. The van der Waals surface area contributed by atoms with E-state index in [1.807, 2.05) is 36.9 Å². The van der Waals surface area contributed by atoms with Crippen LogP contribution >= 0.6 is 0 Å². The van der Waals surface area contributed by atoms with Crippen LogP contribution in [-0.2, 0) is 9.59 Å². The van der Waals surface area contributed by atoms with Crippen LogP contribution in [0.1, 0.15) is 38.3 Å². The Labute approximate surface area is 161 Å². The van der Waals surface area contributed by atoms with Crippen molar-refractivity contribution < 1.29 is 19.1 Å². The van der Waals surface area contributed by atoms with Gasteiger partial charge in [0.2, 0.25) is 11.8 Å². The first-order chi connectivity index (χ1) is 12.8. The maximum absolute atomic E-state index is 12.9. The average Bonchev–Trinajstić information content (AvgIpc) is 3.09. The van der Waals surface area contributed by atoms with Gasteiger partial charge in [-0.3, -0.25) is 14.5 Å². The molecule has 27 heavy (non-hydrogen) atoms. The molecule has 2 rings (SSSR count). The summed E-state index contributed by atoms with van der Waals surface area (Å²) >= 11 is 0. The molecule has 150 valence electrons. The lowest BCUT2D eigenvalue weighted by atomic mass is 10.0. The van der Waals surface area contributed by atoms with Gasteiger partial charge >= 0.3 is 0 Å². The topological polar surface area (TPSA) is 71.1 Å². The largest absolute Gasteiger partial charge is 0.497 e. The molecule has 1 aliphatic heterocycles. The first-order valence-electron chi connectivity index (χ1n) is 9.35. The summed E-state index contributed by atoms with van der Waals surface area (Å²) in [6.07, 6.45) is 1.82. The number of nitrogens with zero attached hydrogens (tertiary/aromatic N) is 2. The molecule has 2 amide bonds. The zero-order chi connectivity index (χ0) is 20.0. The van der Waals surface area contributed by atoms with E-state index in [1.165, 1.54) is 0 Å². The van der Waals surface area contributed by atoms with Gasteiger partial charge in [0, 0.05) is 18.2 Å². The van der Waals surface area contributed by atoms with Crippen molar-refractivity contribution in [1.82, 2.24) is 15.1 Å². The van der Waals surface area contributed by atoms with E-state index in [4.69, 9.17) is 9.47 Å². The predicted molar refractivity (Wildman–Crippen MR) is 104 cm³/mol. The minimum absolute atomic E-state index is 0.0159. The van der Waals surface area contributed by atoms with Crippen molar-refractivity contribution in [3.63, 3.8) is 0 Å². The monoisotopic (exact) mass is 377 g/mol. The summed E-state index contributed by atoms with van der Waals surface area (Å²) in [5.74, 6) is 1.44. The van der Waals surface area contributed by atoms with Crippen molar-refractivity contribution in [1.29, 1.82) is 0 Å². The number of hydrogen-bond donors (Lipinski definition) is 1. The van der Waals surface area contributed by atoms with Crippen LogP contribution in [0.2, 0.25) is 0 Å². The molecule has 1 fully saturated rings. The molecule has 1 aromatic carbocycles. The lowest BCUT2D eigenvalue weighted by Gasteiger charge is -2.28. The van der Waals surface area contributed by atoms with E-state index < -0.39 is 0 Å². The van der Waals surface area contributed by atoms with Gasteiger partial charge in [-0.25, -0.2) is 0 Å². The zero-order valence-electron chi connectivity index (χ0n) is 16.9. The number of benzene rings is 1. The Balaban J connectivity index is 2.07. The summed E-state index contributed by atoms with van der Waals surface area (Å²) in [7, 11) is 5.04. The Morgan fingerprint density at radius 3 is 2.63 bits per heavy atom. The first kappa shape index (κ1) is 21.0. The van der Waals surface area contributed by atoms with Gasteiger partial charge in [0.15, 0.2) is 0 Å². The van der Waals surface area contributed by atoms with Crippen molar-refractivity contribution in [2.75, 3.05) is 40.9 Å². The number of hydrogen-bond acceptors (Lipinski definition) is 5. The Kier molecular flexibility index (Phi) is 7.47. The normalized spacial score (nSPS) is 16.7. The third kappa shape index (κ3) is 5.60. The van der Waals surface area contributed by atoms with Crippen LogP contribution in [0.5, 0.6) is 11.5 Å². The van der Waals surface area contributed by atoms with Crippen molar-refractivity contribution in [3.8, 4) is 11.5 Å². The lowest BCUT2D eigenvalue weighted by molar-refractivity contribution is -0.133. The minimum Gasteiger partial charge on any atom is -0.497 e. The second-order valence-corrected chi connectivity index (χ2v) is 7.25. The highest BCUT2D eigenvalue weighted by molar-refractivity contribution is 5.81. The Bertz CT molecular complexity index is 663. The Morgan fingerprint density at radius 2 is 2.00 bits per heavy atom. The first-order valence-corrected chi connectivity index (χ1v) is 9.35. The van der Waals surface area contributed by atoms with Gasteiger partial charge in [0.05, 0.1) is 33.4 Å². The second kappa shape index (κ2) is 9.60. The highest BCUT2D eigenvalue weighted by Gasteiger charge is 2.32. The molecule has 1 atom stereocenters. The van der Waals surface area contributed by atoms with Crippen LogP contribution in [0.15, 0.2) is 18.2 Å². The molecule has 0 radical (unpaired) electrons. The van der Waals surface area contributed by atoms with Crippen molar-refractivity contribution >= 4 is 11.8 Å². The fourth-order valence-corrected chi connectivity index (χ4v) is 3.48. The van der Waals surface area contributed by atoms with E-state index in [0.717, 1.165) is 29.9 Å². The number of ether oxygens (including phenoxy) is 2.